The van der Waals surface area contributed by atoms with E-state index >= 15 is 0 Å². The maximum atomic E-state index is 12.5. The lowest BCUT2D eigenvalue weighted by Crippen LogP contribution is -2.11. The molecule has 0 unspecified atom stereocenters. The van der Waals surface area contributed by atoms with Crippen LogP contribution in [0.15, 0.2) is 60.9 Å². The molecule has 0 aliphatic rings. The van der Waals surface area contributed by atoms with Crippen LogP contribution >= 0.6 is 34.8 Å². The van der Waals surface area contributed by atoms with Gasteiger partial charge in [-0.1, -0.05) is 53.0 Å². The van der Waals surface area contributed by atoms with Crippen molar-refractivity contribution in [1.82, 2.24) is 20.0 Å². The smallest absolute Gasteiger partial charge is 0.273 e. The summed E-state index contributed by atoms with van der Waals surface area (Å²) in [6.07, 6.45) is 3.30. The molecule has 0 atom stereocenters. The number of aromatic nitrogens is 4. The highest BCUT2D eigenvalue weighted by Crippen LogP contribution is 2.29. The summed E-state index contributed by atoms with van der Waals surface area (Å²) in [7, 11) is 0. The van der Waals surface area contributed by atoms with Gasteiger partial charge in [0.2, 0.25) is 0 Å². The molecule has 2 aromatic carbocycles. The SMILES string of the molecule is O=C(Nc1cnn(Cc2ccccc2Cl)c1)c1cc(-c2ccc(Cl)cc2Cl)n[nH]1. The van der Waals surface area contributed by atoms with Crippen molar-refractivity contribution in [2.45, 2.75) is 6.54 Å². The van der Waals surface area contributed by atoms with Crippen LogP contribution in [0.4, 0.5) is 5.69 Å². The number of carbonyl (C=O) groups is 1. The molecular formula is C20H14Cl3N5O. The minimum atomic E-state index is -0.342. The predicted molar refractivity (Wildman–Crippen MR) is 115 cm³/mol. The number of halogens is 3. The Bertz CT molecular complexity index is 1180. The van der Waals surface area contributed by atoms with Gasteiger partial charge in [0.1, 0.15) is 5.69 Å². The number of hydrogen-bond donors (Lipinski definition) is 2. The quantitative estimate of drug-likeness (QED) is 0.423. The molecule has 0 radical (unpaired) electrons. The van der Waals surface area contributed by atoms with Gasteiger partial charge in [-0.25, -0.2) is 0 Å². The van der Waals surface area contributed by atoms with E-state index in [0.29, 0.717) is 44.3 Å². The Labute approximate surface area is 181 Å². The van der Waals surface area contributed by atoms with Crippen molar-refractivity contribution < 1.29 is 4.79 Å². The fraction of sp³-hybridized carbons (Fsp3) is 0.0500. The van der Waals surface area contributed by atoms with E-state index in [1.807, 2.05) is 24.3 Å². The Kier molecular flexibility index (Phi) is 5.58. The average molecular weight is 447 g/mol. The molecule has 2 aromatic heterocycles. The maximum Gasteiger partial charge on any atom is 0.273 e. The van der Waals surface area contributed by atoms with Crippen molar-refractivity contribution >= 4 is 46.4 Å². The van der Waals surface area contributed by atoms with E-state index in [1.54, 1.807) is 41.3 Å². The second-order valence-corrected chi connectivity index (χ2v) is 7.51. The van der Waals surface area contributed by atoms with Crippen molar-refractivity contribution in [2.75, 3.05) is 5.32 Å². The van der Waals surface area contributed by atoms with Gasteiger partial charge in [0, 0.05) is 21.8 Å². The Hall–Kier alpha value is -2.80. The molecule has 146 valence electrons. The van der Waals surface area contributed by atoms with Crippen LogP contribution in [-0.2, 0) is 6.54 Å². The first-order chi connectivity index (χ1) is 14.0. The molecule has 6 nitrogen and oxygen atoms in total. The summed E-state index contributed by atoms with van der Waals surface area (Å²) in [6.45, 7) is 0.499. The summed E-state index contributed by atoms with van der Waals surface area (Å²) in [5.41, 5.74) is 3.02. The van der Waals surface area contributed by atoms with Crippen molar-refractivity contribution in [1.29, 1.82) is 0 Å². The zero-order valence-electron chi connectivity index (χ0n) is 14.9. The molecule has 0 fully saturated rings. The van der Waals surface area contributed by atoms with Crippen molar-refractivity contribution in [3.63, 3.8) is 0 Å². The van der Waals surface area contributed by atoms with E-state index in [0.717, 1.165) is 5.56 Å². The number of H-pyrrole nitrogens is 1. The molecule has 0 saturated carbocycles. The molecular weight excluding hydrogens is 433 g/mol. The maximum absolute atomic E-state index is 12.5. The third kappa shape index (κ3) is 4.45. The van der Waals surface area contributed by atoms with Crippen molar-refractivity contribution in [3.8, 4) is 11.3 Å². The van der Waals surface area contributed by atoms with E-state index < -0.39 is 0 Å². The lowest BCUT2D eigenvalue weighted by Gasteiger charge is -2.04. The van der Waals surface area contributed by atoms with Crippen LogP contribution in [0.2, 0.25) is 15.1 Å². The summed E-state index contributed by atoms with van der Waals surface area (Å²) in [4.78, 5) is 12.5. The van der Waals surface area contributed by atoms with Gasteiger partial charge in [-0.3, -0.25) is 14.6 Å². The lowest BCUT2D eigenvalue weighted by atomic mass is 10.1. The normalized spacial score (nSPS) is 10.9. The van der Waals surface area contributed by atoms with Gasteiger partial charge in [0.15, 0.2) is 0 Å². The van der Waals surface area contributed by atoms with Crippen LogP contribution < -0.4 is 5.32 Å². The van der Waals surface area contributed by atoms with E-state index in [-0.39, 0.29) is 5.91 Å². The van der Waals surface area contributed by atoms with Crippen LogP contribution in [0.5, 0.6) is 0 Å². The molecule has 1 amide bonds. The van der Waals surface area contributed by atoms with E-state index in [4.69, 9.17) is 34.8 Å². The number of anilines is 1. The monoisotopic (exact) mass is 445 g/mol. The van der Waals surface area contributed by atoms with Crippen LogP contribution in [0.3, 0.4) is 0 Å². The molecule has 0 aliphatic heterocycles. The first-order valence-electron chi connectivity index (χ1n) is 8.57. The molecule has 0 spiro atoms. The van der Waals surface area contributed by atoms with Gasteiger partial charge in [-0.15, -0.1) is 0 Å². The van der Waals surface area contributed by atoms with E-state index in [2.05, 4.69) is 20.6 Å². The Morgan fingerprint density at radius 3 is 2.69 bits per heavy atom. The fourth-order valence-corrected chi connectivity index (χ4v) is 3.49. The summed E-state index contributed by atoms with van der Waals surface area (Å²) in [5, 5.41) is 15.6. The van der Waals surface area contributed by atoms with Crippen LogP contribution in [0, 0.1) is 0 Å². The third-order valence-corrected chi connectivity index (χ3v) is 5.13. The highest BCUT2D eigenvalue weighted by Gasteiger charge is 2.14. The third-order valence-electron chi connectivity index (χ3n) is 4.21. The highest BCUT2D eigenvalue weighted by atomic mass is 35.5. The van der Waals surface area contributed by atoms with Crippen molar-refractivity contribution in [2.24, 2.45) is 0 Å². The van der Waals surface area contributed by atoms with Crippen LogP contribution in [0.1, 0.15) is 16.1 Å². The number of hydrogen-bond acceptors (Lipinski definition) is 3. The molecule has 0 saturated heterocycles. The van der Waals surface area contributed by atoms with Gasteiger partial charge in [-0.05, 0) is 35.9 Å². The van der Waals surface area contributed by atoms with Gasteiger partial charge < -0.3 is 5.32 Å². The molecule has 2 heterocycles. The number of benzene rings is 2. The summed E-state index contributed by atoms with van der Waals surface area (Å²) >= 11 is 18.3. The minimum absolute atomic E-state index is 0.296. The topological polar surface area (TPSA) is 75.6 Å². The summed E-state index contributed by atoms with van der Waals surface area (Å²) in [6, 6.07) is 14.2. The number of rotatable bonds is 5. The van der Waals surface area contributed by atoms with Crippen molar-refractivity contribution in [3.05, 3.63) is 87.2 Å². The molecule has 29 heavy (non-hydrogen) atoms. The Morgan fingerprint density at radius 2 is 1.90 bits per heavy atom. The number of nitrogens with zero attached hydrogens (tertiary/aromatic N) is 3. The Balaban J connectivity index is 1.46. The number of amides is 1. The van der Waals surface area contributed by atoms with Gasteiger partial charge in [0.05, 0.1) is 29.1 Å². The number of carbonyl (C=O) groups excluding carboxylic acids is 1. The standard InChI is InChI=1S/C20H14Cl3N5O/c21-13-5-6-15(17(23)7-13)18-8-19(27-26-18)20(29)25-14-9-24-28(11-14)10-12-3-1-2-4-16(12)22/h1-9,11H,10H2,(H,25,29)(H,26,27). The van der Waals surface area contributed by atoms with E-state index in [9.17, 15) is 4.79 Å². The molecule has 4 rings (SSSR count). The largest absolute Gasteiger partial charge is 0.318 e. The van der Waals surface area contributed by atoms with Gasteiger partial charge in [-0.2, -0.15) is 10.2 Å². The van der Waals surface area contributed by atoms with Gasteiger partial charge >= 0.3 is 0 Å². The first kappa shape index (κ1) is 19.5. The zero-order chi connectivity index (χ0) is 20.4. The lowest BCUT2D eigenvalue weighted by molar-refractivity contribution is 0.102. The molecule has 4 aromatic rings. The average Bonchev–Trinajstić information content (AvgIpc) is 3.33. The first-order valence-corrected chi connectivity index (χ1v) is 9.71. The Morgan fingerprint density at radius 1 is 1.07 bits per heavy atom. The van der Waals surface area contributed by atoms with Gasteiger partial charge in [0.25, 0.3) is 5.91 Å². The molecule has 0 aliphatic carbocycles. The van der Waals surface area contributed by atoms with Crippen LogP contribution in [0.25, 0.3) is 11.3 Å². The summed E-state index contributed by atoms with van der Waals surface area (Å²) in [5.74, 6) is -0.342. The predicted octanol–water partition coefficient (Wildman–Crippen LogP) is 5.53. The second-order valence-electron chi connectivity index (χ2n) is 6.26. The van der Waals surface area contributed by atoms with Crippen LogP contribution in [-0.4, -0.2) is 25.9 Å². The summed E-state index contributed by atoms with van der Waals surface area (Å²) < 4.78 is 1.70. The van der Waals surface area contributed by atoms with E-state index in [1.165, 1.54) is 0 Å². The molecule has 9 heteroatoms. The fourth-order valence-electron chi connectivity index (χ4n) is 2.79. The molecule has 2 N–H and O–H groups in total. The second kappa shape index (κ2) is 8.29. The number of nitrogens with one attached hydrogen (secondary N) is 2. The minimum Gasteiger partial charge on any atom is -0.318 e. The zero-order valence-corrected chi connectivity index (χ0v) is 17.1. The molecule has 0 bridgehead atoms. The highest BCUT2D eigenvalue weighted by molar-refractivity contribution is 6.36. The number of aromatic amines is 1.